The summed E-state index contributed by atoms with van der Waals surface area (Å²) in [5.41, 5.74) is 1.11. The van der Waals surface area contributed by atoms with E-state index in [1.807, 2.05) is 27.7 Å². The lowest BCUT2D eigenvalue weighted by atomic mass is 9.90. The summed E-state index contributed by atoms with van der Waals surface area (Å²) in [7, 11) is -3.66. The number of nitrogens with zero attached hydrogens (tertiary/aromatic N) is 1. The predicted molar refractivity (Wildman–Crippen MR) is 141 cm³/mol. The number of sulfonamides is 1. The third-order valence-electron chi connectivity index (χ3n) is 6.29. The van der Waals surface area contributed by atoms with E-state index in [2.05, 4.69) is 9.62 Å². The van der Waals surface area contributed by atoms with Crippen molar-refractivity contribution in [2.75, 3.05) is 24.1 Å². The number of ketones is 2. The zero-order chi connectivity index (χ0) is 26.5. The predicted octanol–water partition coefficient (Wildman–Crippen LogP) is 2.85. The Bertz CT molecular complexity index is 1310. The van der Waals surface area contributed by atoms with Crippen molar-refractivity contribution in [2.45, 2.75) is 65.7 Å². The van der Waals surface area contributed by atoms with Crippen LogP contribution in [0.3, 0.4) is 0 Å². The van der Waals surface area contributed by atoms with Gasteiger partial charge in [-0.1, -0.05) is 64.4 Å². The highest BCUT2D eigenvalue weighted by atomic mass is 32.2. The minimum absolute atomic E-state index is 0.0329. The van der Waals surface area contributed by atoms with Gasteiger partial charge in [-0.15, -0.1) is 0 Å². The normalized spacial score (nSPS) is 16.6. The first-order valence-corrected chi connectivity index (χ1v) is 14.4. The Morgan fingerprint density at radius 2 is 1.81 bits per heavy atom. The van der Waals surface area contributed by atoms with E-state index in [1.54, 1.807) is 36.4 Å². The van der Waals surface area contributed by atoms with Gasteiger partial charge in [0.25, 0.3) is 0 Å². The smallest absolute Gasteiger partial charge is 0.232 e. The number of fused-ring (bicyclic) bond motifs is 1. The first kappa shape index (κ1) is 27.8. The van der Waals surface area contributed by atoms with Crippen LogP contribution >= 0.6 is 0 Å². The summed E-state index contributed by atoms with van der Waals surface area (Å²) in [6.45, 7) is 9.51. The molecule has 0 spiro atoms. The molecule has 1 aromatic heterocycles. The minimum Gasteiger partial charge on any atom is -0.440 e. The third kappa shape index (κ3) is 6.14. The number of rotatable bonds is 13. The number of Topliss-reactive ketones (excluding diaryl/α,β-unsaturated/α-hetero) is 2. The first-order chi connectivity index (χ1) is 17.1. The number of hydrogen-bond donors (Lipinski definition) is 1. The van der Waals surface area contributed by atoms with Gasteiger partial charge in [0.05, 0.1) is 11.8 Å². The van der Waals surface area contributed by atoms with Crippen molar-refractivity contribution in [3.8, 4) is 0 Å². The van der Waals surface area contributed by atoms with Crippen LogP contribution < -0.4 is 15.4 Å². The summed E-state index contributed by atoms with van der Waals surface area (Å²) >= 11 is 0. The van der Waals surface area contributed by atoms with Crippen molar-refractivity contribution in [2.24, 2.45) is 0 Å². The van der Waals surface area contributed by atoms with Gasteiger partial charge in [0.15, 0.2) is 11.6 Å². The van der Waals surface area contributed by atoms with Crippen LogP contribution in [0.25, 0.3) is 11.6 Å². The highest BCUT2D eigenvalue weighted by Gasteiger charge is 2.35. The molecule has 2 unspecified atom stereocenters. The van der Waals surface area contributed by atoms with E-state index >= 15 is 0 Å². The second kappa shape index (κ2) is 12.0. The number of anilines is 1. The molecule has 2 aromatic rings. The third-order valence-corrected chi connectivity index (χ3v) is 6.84. The summed E-state index contributed by atoms with van der Waals surface area (Å²) in [5, 5.41) is 0.351. The molecule has 0 radical (unpaired) electrons. The van der Waals surface area contributed by atoms with E-state index in [4.69, 9.17) is 9.15 Å². The number of nitrogens with one attached hydrogen (secondary N) is 1. The molecule has 3 rings (SSSR count). The minimum atomic E-state index is -3.66. The number of benzene rings is 1. The number of carbonyl (C=O) groups excluding carboxylic acids is 2. The second-order valence-electron chi connectivity index (χ2n) is 8.87. The molecule has 1 heterocycles. The van der Waals surface area contributed by atoms with Gasteiger partial charge in [0, 0.05) is 16.3 Å². The Labute approximate surface area is 213 Å². The van der Waals surface area contributed by atoms with Crippen molar-refractivity contribution < 1.29 is 27.2 Å². The summed E-state index contributed by atoms with van der Waals surface area (Å²) in [6, 6.07) is 8.58. The molecule has 0 amide bonds. The zero-order valence-corrected chi connectivity index (χ0v) is 22.5. The highest BCUT2D eigenvalue weighted by Crippen LogP contribution is 2.23. The quantitative estimate of drug-likeness (QED) is 0.322. The molecule has 0 saturated heterocycles. The lowest BCUT2D eigenvalue weighted by molar-refractivity contribution is -0.132. The van der Waals surface area contributed by atoms with Crippen LogP contribution in [0.1, 0.15) is 62.9 Å². The monoisotopic (exact) mass is 516 g/mol. The molecule has 8 nitrogen and oxygen atoms in total. The molecule has 1 aliphatic carbocycles. The Hall–Kier alpha value is -2.75. The van der Waals surface area contributed by atoms with Gasteiger partial charge in [-0.25, -0.2) is 8.42 Å². The summed E-state index contributed by atoms with van der Waals surface area (Å²) in [5.74, 6) is -0.856. The topological polar surface area (TPSA) is 106 Å². The molecule has 9 heteroatoms. The van der Waals surface area contributed by atoms with Crippen LogP contribution in [-0.2, 0) is 26.0 Å². The molecule has 36 heavy (non-hydrogen) atoms. The Kier molecular flexibility index (Phi) is 9.27. The van der Waals surface area contributed by atoms with Gasteiger partial charge >= 0.3 is 0 Å². The van der Waals surface area contributed by atoms with Gasteiger partial charge in [-0.05, 0) is 38.4 Å². The van der Waals surface area contributed by atoms with Crippen LogP contribution in [0.15, 0.2) is 34.7 Å². The molecule has 1 aliphatic rings. The largest absolute Gasteiger partial charge is 0.440 e. The fraction of sp³-hybridized carbons (Fsp3) is 0.481. The van der Waals surface area contributed by atoms with E-state index in [0.29, 0.717) is 29.2 Å². The van der Waals surface area contributed by atoms with E-state index in [1.165, 1.54) is 0 Å². The van der Waals surface area contributed by atoms with E-state index in [-0.39, 0.29) is 23.1 Å². The van der Waals surface area contributed by atoms with E-state index in [0.717, 1.165) is 32.2 Å². The fourth-order valence-electron chi connectivity index (χ4n) is 4.50. The standard InChI is InChI=1S/C27H36N2O6S/c1-6-10-16-19-23-20(35-27(19)28-36(5,32)33)17-21(34-22(7-2)29(8-3)9-4)26(31)24(23)25(30)18-14-12-11-13-15-18/h11-15,17,21-22,28H,6-10,16H2,1-5H3. The molecule has 0 fully saturated rings. The molecule has 2 atom stereocenters. The second-order valence-corrected chi connectivity index (χ2v) is 10.6. The van der Waals surface area contributed by atoms with E-state index in [9.17, 15) is 18.0 Å². The van der Waals surface area contributed by atoms with Crippen LogP contribution in [0, 0.1) is 0 Å². The SMILES string of the molecule is CCCCc1c(NS(C)(=O)=O)oc2c1=C(C(=O)c1ccccc1)C(=O)C(OC(CC)N(CC)CC)C=2. The Morgan fingerprint density at radius 3 is 2.36 bits per heavy atom. The summed E-state index contributed by atoms with van der Waals surface area (Å²) < 4.78 is 38.8. The van der Waals surface area contributed by atoms with Crippen LogP contribution in [-0.4, -0.2) is 56.6 Å². The van der Waals surface area contributed by atoms with Gasteiger partial charge in [0.2, 0.25) is 15.9 Å². The summed E-state index contributed by atoms with van der Waals surface area (Å²) in [4.78, 5) is 29.7. The molecule has 0 aliphatic heterocycles. The average Bonchev–Trinajstić information content (AvgIpc) is 3.17. The number of ether oxygens (including phenoxy) is 1. The lowest BCUT2D eigenvalue weighted by Crippen LogP contribution is -2.46. The maximum atomic E-state index is 13.9. The van der Waals surface area contributed by atoms with Gasteiger partial charge < -0.3 is 9.15 Å². The zero-order valence-electron chi connectivity index (χ0n) is 21.7. The fourth-order valence-corrected chi connectivity index (χ4v) is 5.00. The Balaban J connectivity index is 2.26. The molecule has 1 aromatic carbocycles. The molecule has 0 saturated carbocycles. The van der Waals surface area contributed by atoms with Gasteiger partial charge in [-0.3, -0.25) is 19.2 Å². The maximum Gasteiger partial charge on any atom is 0.232 e. The molecule has 1 N–H and O–H groups in total. The number of furan rings is 1. The van der Waals surface area contributed by atoms with Crippen molar-refractivity contribution in [3.63, 3.8) is 0 Å². The maximum absolute atomic E-state index is 13.9. The van der Waals surface area contributed by atoms with Crippen molar-refractivity contribution >= 4 is 39.1 Å². The number of unbranched alkanes of at least 4 members (excludes halogenated alkanes) is 1. The average molecular weight is 517 g/mol. The molecule has 196 valence electrons. The van der Waals surface area contributed by atoms with Crippen LogP contribution in [0.5, 0.6) is 0 Å². The van der Waals surface area contributed by atoms with Crippen LogP contribution in [0.2, 0.25) is 0 Å². The van der Waals surface area contributed by atoms with Crippen molar-refractivity contribution in [1.82, 2.24) is 4.90 Å². The lowest BCUT2D eigenvalue weighted by Gasteiger charge is -2.31. The van der Waals surface area contributed by atoms with Gasteiger partial charge in [0.1, 0.15) is 17.7 Å². The molecule has 0 bridgehead atoms. The van der Waals surface area contributed by atoms with Crippen LogP contribution in [0.4, 0.5) is 5.88 Å². The van der Waals surface area contributed by atoms with Crippen molar-refractivity contribution in [1.29, 1.82) is 0 Å². The van der Waals surface area contributed by atoms with Gasteiger partial charge in [-0.2, -0.15) is 0 Å². The van der Waals surface area contributed by atoms with E-state index < -0.39 is 27.7 Å². The first-order valence-electron chi connectivity index (χ1n) is 12.5. The number of hydrogen-bond acceptors (Lipinski definition) is 7. The number of carbonyl (C=O) groups is 2. The van der Waals surface area contributed by atoms with Crippen molar-refractivity contribution in [3.05, 3.63) is 52.1 Å². The molecular weight excluding hydrogens is 480 g/mol. The molecular formula is C27H36N2O6S. The highest BCUT2D eigenvalue weighted by molar-refractivity contribution is 7.92. The Morgan fingerprint density at radius 1 is 1.14 bits per heavy atom. The summed E-state index contributed by atoms with van der Waals surface area (Å²) in [6.07, 6.45) is 3.89.